The Kier molecular flexibility index (Phi) is 5.50. The molecular formula is C18H18ClN3O4S. The summed E-state index contributed by atoms with van der Waals surface area (Å²) < 4.78 is 26.5. The van der Waals surface area contributed by atoms with Crippen LogP contribution in [0.15, 0.2) is 47.4 Å². The Balaban J connectivity index is 1.72. The van der Waals surface area contributed by atoms with Gasteiger partial charge in [0.2, 0.25) is 21.8 Å². The molecule has 0 fully saturated rings. The van der Waals surface area contributed by atoms with Crippen LogP contribution in [0.25, 0.3) is 0 Å². The van der Waals surface area contributed by atoms with E-state index >= 15 is 0 Å². The molecule has 9 heteroatoms. The predicted octanol–water partition coefficient (Wildman–Crippen LogP) is 2.48. The molecule has 0 radical (unpaired) electrons. The van der Waals surface area contributed by atoms with E-state index in [0.29, 0.717) is 29.2 Å². The molecule has 3 rings (SSSR count). The van der Waals surface area contributed by atoms with Crippen LogP contribution in [-0.4, -0.2) is 38.1 Å². The van der Waals surface area contributed by atoms with E-state index < -0.39 is 15.9 Å². The summed E-state index contributed by atoms with van der Waals surface area (Å²) in [6.45, 7) is -0.345. The summed E-state index contributed by atoms with van der Waals surface area (Å²) in [7, 11) is -2.51. The number of hydrogen-bond acceptors (Lipinski definition) is 4. The number of carbonyl (C=O) groups excluding carboxylic acids is 2. The van der Waals surface area contributed by atoms with Gasteiger partial charge in [0.1, 0.15) is 0 Å². The first-order valence-electron chi connectivity index (χ1n) is 8.20. The van der Waals surface area contributed by atoms with Crippen molar-refractivity contribution in [2.75, 3.05) is 24.2 Å². The smallest absolute Gasteiger partial charge is 0.243 e. The number of benzene rings is 2. The number of amides is 2. The third-order valence-electron chi connectivity index (χ3n) is 4.16. The Morgan fingerprint density at radius 1 is 1.22 bits per heavy atom. The van der Waals surface area contributed by atoms with Crippen LogP contribution < -0.4 is 10.6 Å². The maximum atomic E-state index is 12.8. The number of rotatable bonds is 5. The lowest BCUT2D eigenvalue weighted by Crippen LogP contribution is -2.35. The molecule has 0 unspecified atom stereocenters. The fraction of sp³-hybridized carbons (Fsp3) is 0.222. The quantitative estimate of drug-likeness (QED) is 0.795. The number of nitrogens with one attached hydrogen (secondary N) is 2. The number of likely N-dealkylation sites (N-methyl/N-ethyl adjacent to an activating group) is 1. The molecule has 0 spiro atoms. The fourth-order valence-electron chi connectivity index (χ4n) is 2.75. The van der Waals surface area contributed by atoms with Gasteiger partial charge in [-0.15, -0.1) is 0 Å². The fourth-order valence-corrected chi connectivity index (χ4v) is 4.12. The molecule has 27 heavy (non-hydrogen) atoms. The zero-order valence-corrected chi connectivity index (χ0v) is 16.1. The Morgan fingerprint density at radius 3 is 2.74 bits per heavy atom. The number of halogens is 1. The third-order valence-corrected chi connectivity index (χ3v) is 6.19. The second-order valence-corrected chi connectivity index (χ2v) is 8.67. The summed E-state index contributed by atoms with van der Waals surface area (Å²) in [5.74, 6) is -0.568. The van der Waals surface area contributed by atoms with Crippen LogP contribution in [0.1, 0.15) is 12.0 Å². The predicted molar refractivity (Wildman–Crippen MR) is 103 cm³/mol. The summed E-state index contributed by atoms with van der Waals surface area (Å²) in [4.78, 5) is 23.7. The summed E-state index contributed by atoms with van der Waals surface area (Å²) in [6.07, 6.45) is 0.790. The minimum absolute atomic E-state index is 0.0791. The van der Waals surface area contributed by atoms with Gasteiger partial charge in [0.15, 0.2) is 0 Å². The molecule has 0 aromatic heterocycles. The van der Waals surface area contributed by atoms with Gasteiger partial charge >= 0.3 is 0 Å². The highest BCUT2D eigenvalue weighted by molar-refractivity contribution is 7.89. The molecule has 142 valence electrons. The lowest BCUT2D eigenvalue weighted by Gasteiger charge is -2.20. The molecule has 1 aliphatic rings. The second-order valence-electron chi connectivity index (χ2n) is 6.19. The lowest BCUT2D eigenvalue weighted by molar-refractivity contribution is -0.117. The van der Waals surface area contributed by atoms with Crippen LogP contribution >= 0.6 is 11.6 Å². The number of hydrogen-bond donors (Lipinski definition) is 2. The van der Waals surface area contributed by atoms with E-state index in [1.54, 1.807) is 30.3 Å². The highest BCUT2D eigenvalue weighted by Crippen LogP contribution is 2.26. The monoisotopic (exact) mass is 407 g/mol. The lowest BCUT2D eigenvalue weighted by atomic mass is 10.0. The van der Waals surface area contributed by atoms with Gasteiger partial charge in [-0.3, -0.25) is 9.59 Å². The van der Waals surface area contributed by atoms with Crippen LogP contribution in [0.2, 0.25) is 5.02 Å². The van der Waals surface area contributed by atoms with E-state index in [2.05, 4.69) is 10.6 Å². The van der Waals surface area contributed by atoms with E-state index in [1.807, 2.05) is 0 Å². The van der Waals surface area contributed by atoms with Crippen LogP contribution in [0.3, 0.4) is 0 Å². The first kappa shape index (κ1) is 19.3. The molecule has 0 saturated carbocycles. The molecule has 2 aromatic carbocycles. The van der Waals surface area contributed by atoms with Gasteiger partial charge in [0.05, 0.1) is 11.4 Å². The number of fused-ring (bicyclic) bond motifs is 1. The summed E-state index contributed by atoms with van der Waals surface area (Å²) in [5, 5.41) is 5.79. The molecule has 0 atom stereocenters. The number of aryl methyl sites for hydroxylation is 1. The standard InChI is InChI=1S/C18H18ClN3O4S/c1-22(11-18(24)20-14-4-2-3-13(19)10-14)27(25,26)15-6-7-16-12(9-15)5-8-17(23)21-16/h2-4,6-7,9-10H,5,8,11H2,1H3,(H,20,24)(H,21,23). The van der Waals surface area contributed by atoms with Gasteiger partial charge in [-0.05, 0) is 48.4 Å². The molecule has 0 bridgehead atoms. The first-order chi connectivity index (χ1) is 12.8. The average Bonchev–Trinajstić information content (AvgIpc) is 2.61. The van der Waals surface area contributed by atoms with Gasteiger partial charge in [-0.1, -0.05) is 17.7 Å². The molecule has 0 aliphatic carbocycles. The minimum atomic E-state index is -3.85. The molecule has 2 amide bonds. The molecule has 1 aliphatic heterocycles. The summed E-state index contributed by atoms with van der Waals surface area (Å²) in [5.41, 5.74) is 1.86. The summed E-state index contributed by atoms with van der Waals surface area (Å²) >= 11 is 5.87. The van der Waals surface area contributed by atoms with E-state index in [1.165, 1.54) is 19.2 Å². The number of nitrogens with zero attached hydrogens (tertiary/aromatic N) is 1. The summed E-state index contributed by atoms with van der Waals surface area (Å²) in [6, 6.07) is 11.1. The van der Waals surface area contributed by atoms with Gasteiger partial charge in [-0.2, -0.15) is 4.31 Å². The van der Waals surface area contributed by atoms with Crippen molar-refractivity contribution in [3.05, 3.63) is 53.1 Å². The van der Waals surface area contributed by atoms with Crippen LogP contribution in [0.5, 0.6) is 0 Å². The Labute approximate surface area is 162 Å². The van der Waals surface area contributed by atoms with Crippen LogP contribution in [0, 0.1) is 0 Å². The van der Waals surface area contributed by atoms with E-state index in [0.717, 1.165) is 9.87 Å². The Hall–Kier alpha value is -2.42. The van der Waals surface area contributed by atoms with Crippen molar-refractivity contribution in [2.24, 2.45) is 0 Å². The van der Waals surface area contributed by atoms with Gasteiger partial charge in [-0.25, -0.2) is 8.42 Å². The Morgan fingerprint density at radius 2 is 2.00 bits per heavy atom. The second kappa shape index (κ2) is 7.67. The van der Waals surface area contributed by atoms with E-state index in [9.17, 15) is 18.0 Å². The molecule has 7 nitrogen and oxygen atoms in total. The van der Waals surface area contributed by atoms with Gasteiger partial charge < -0.3 is 10.6 Å². The molecular weight excluding hydrogens is 390 g/mol. The number of anilines is 2. The topological polar surface area (TPSA) is 95.6 Å². The van der Waals surface area contributed by atoms with Crippen molar-refractivity contribution in [1.82, 2.24) is 4.31 Å². The molecule has 2 aromatic rings. The Bertz CT molecular complexity index is 1010. The van der Waals surface area contributed by atoms with Gasteiger partial charge in [0.25, 0.3) is 0 Å². The van der Waals surface area contributed by atoms with Crippen molar-refractivity contribution < 1.29 is 18.0 Å². The normalized spacial score (nSPS) is 13.8. The van der Waals surface area contributed by atoms with Crippen LogP contribution in [-0.2, 0) is 26.0 Å². The average molecular weight is 408 g/mol. The zero-order chi connectivity index (χ0) is 19.6. The highest BCUT2D eigenvalue weighted by Gasteiger charge is 2.25. The van der Waals surface area contributed by atoms with Crippen molar-refractivity contribution >= 4 is 44.8 Å². The number of sulfonamides is 1. The van der Waals surface area contributed by atoms with Crippen molar-refractivity contribution in [1.29, 1.82) is 0 Å². The van der Waals surface area contributed by atoms with Crippen LogP contribution in [0.4, 0.5) is 11.4 Å². The SMILES string of the molecule is CN(CC(=O)Nc1cccc(Cl)c1)S(=O)(=O)c1ccc2c(c1)CCC(=O)N2. The molecule has 2 N–H and O–H groups in total. The third kappa shape index (κ3) is 4.47. The van der Waals surface area contributed by atoms with Gasteiger partial charge in [0, 0.05) is 29.9 Å². The van der Waals surface area contributed by atoms with E-state index in [4.69, 9.17) is 11.6 Å². The molecule has 0 saturated heterocycles. The van der Waals surface area contributed by atoms with Crippen molar-refractivity contribution in [3.8, 4) is 0 Å². The minimum Gasteiger partial charge on any atom is -0.326 e. The van der Waals surface area contributed by atoms with E-state index in [-0.39, 0.29) is 17.3 Å². The van der Waals surface area contributed by atoms with Crippen molar-refractivity contribution in [2.45, 2.75) is 17.7 Å². The zero-order valence-electron chi connectivity index (χ0n) is 14.5. The van der Waals surface area contributed by atoms with Crippen molar-refractivity contribution in [3.63, 3.8) is 0 Å². The first-order valence-corrected chi connectivity index (χ1v) is 10.0. The number of carbonyl (C=O) groups is 2. The highest BCUT2D eigenvalue weighted by atomic mass is 35.5. The maximum Gasteiger partial charge on any atom is 0.243 e. The molecule has 1 heterocycles. The maximum absolute atomic E-state index is 12.8. The largest absolute Gasteiger partial charge is 0.326 e.